The maximum absolute atomic E-state index is 12.0. The molecule has 0 saturated heterocycles. The van der Waals surface area contributed by atoms with Gasteiger partial charge in [-0.2, -0.15) is 0 Å². The number of nitrogens with two attached hydrogens (primary N) is 1. The average molecular weight is 366 g/mol. The van der Waals surface area contributed by atoms with Crippen molar-refractivity contribution in [1.29, 1.82) is 0 Å². The van der Waals surface area contributed by atoms with Crippen molar-refractivity contribution in [2.24, 2.45) is 11.7 Å². The summed E-state index contributed by atoms with van der Waals surface area (Å²) in [5.74, 6) is 0.632. The third-order valence-electron chi connectivity index (χ3n) is 5.42. The zero-order valence-electron chi connectivity index (χ0n) is 15.6. The zero-order valence-corrected chi connectivity index (χ0v) is 15.6. The topological polar surface area (TPSA) is 72.6 Å². The molecule has 0 spiro atoms. The van der Waals surface area contributed by atoms with Crippen molar-refractivity contribution < 1.29 is 14.3 Å². The summed E-state index contributed by atoms with van der Waals surface area (Å²) in [6, 6.07) is 17.0. The number of benzene rings is 2. The number of hydrogen-bond acceptors (Lipinski definition) is 3. The van der Waals surface area contributed by atoms with Crippen molar-refractivity contribution in [3.05, 3.63) is 65.7 Å². The Morgan fingerprint density at radius 2 is 1.63 bits per heavy atom. The van der Waals surface area contributed by atoms with Crippen LogP contribution in [0.25, 0.3) is 0 Å². The Balaban J connectivity index is 1.62. The van der Waals surface area contributed by atoms with Gasteiger partial charge >= 0.3 is 12.0 Å². The molecule has 1 saturated carbocycles. The highest BCUT2D eigenvalue weighted by molar-refractivity contribution is 5.93. The molecule has 142 valence electrons. The van der Waals surface area contributed by atoms with Gasteiger partial charge in [-0.15, -0.1) is 0 Å². The first-order valence-corrected chi connectivity index (χ1v) is 9.38. The van der Waals surface area contributed by atoms with Crippen molar-refractivity contribution >= 4 is 17.7 Å². The van der Waals surface area contributed by atoms with E-state index >= 15 is 0 Å². The molecule has 1 aliphatic rings. The van der Waals surface area contributed by atoms with E-state index in [0.29, 0.717) is 29.6 Å². The smallest absolute Gasteiger partial charge is 0.337 e. The molecule has 0 heterocycles. The Morgan fingerprint density at radius 1 is 1.00 bits per heavy atom. The maximum Gasteiger partial charge on any atom is 0.337 e. The highest BCUT2D eigenvalue weighted by atomic mass is 16.5. The summed E-state index contributed by atoms with van der Waals surface area (Å²) in [7, 11) is 1.34. The molecule has 2 N–H and O–H groups in total. The summed E-state index contributed by atoms with van der Waals surface area (Å²) in [6.45, 7) is 0.606. The maximum atomic E-state index is 12.0. The Morgan fingerprint density at radius 3 is 2.19 bits per heavy atom. The van der Waals surface area contributed by atoms with Crippen LogP contribution in [-0.2, 0) is 4.74 Å². The zero-order chi connectivity index (χ0) is 19.2. The van der Waals surface area contributed by atoms with Crippen LogP contribution in [0.4, 0.5) is 10.5 Å². The van der Waals surface area contributed by atoms with Crippen molar-refractivity contribution in [3.8, 4) is 0 Å². The highest BCUT2D eigenvalue weighted by Gasteiger charge is 2.25. The molecule has 1 fully saturated rings. The molecule has 2 amide bonds. The molecule has 3 rings (SSSR count). The summed E-state index contributed by atoms with van der Waals surface area (Å²) < 4.78 is 4.71. The van der Waals surface area contributed by atoms with Gasteiger partial charge in [0.1, 0.15) is 0 Å². The van der Waals surface area contributed by atoms with Crippen molar-refractivity contribution in [2.75, 3.05) is 18.6 Å². The molecule has 5 nitrogen and oxygen atoms in total. The molecule has 0 unspecified atom stereocenters. The summed E-state index contributed by atoms with van der Waals surface area (Å²) in [6.07, 6.45) is 4.40. The van der Waals surface area contributed by atoms with Gasteiger partial charge in [0.25, 0.3) is 0 Å². The van der Waals surface area contributed by atoms with Gasteiger partial charge in [0.2, 0.25) is 0 Å². The third kappa shape index (κ3) is 4.67. The fraction of sp³-hybridized carbons (Fsp3) is 0.364. The molecule has 0 aliphatic heterocycles. The van der Waals surface area contributed by atoms with Crippen molar-refractivity contribution in [3.63, 3.8) is 0 Å². The molecule has 2 aromatic carbocycles. The summed E-state index contributed by atoms with van der Waals surface area (Å²) >= 11 is 0. The molecule has 5 heteroatoms. The minimum Gasteiger partial charge on any atom is -0.465 e. The predicted molar refractivity (Wildman–Crippen MR) is 106 cm³/mol. The minimum atomic E-state index is -0.467. The number of urea groups is 1. The van der Waals surface area contributed by atoms with Gasteiger partial charge in [0.15, 0.2) is 0 Å². The second kappa shape index (κ2) is 8.71. The first-order chi connectivity index (χ1) is 13.1. The van der Waals surface area contributed by atoms with Crippen LogP contribution in [0, 0.1) is 5.92 Å². The number of carbonyl (C=O) groups excluding carboxylic acids is 2. The fourth-order valence-electron chi connectivity index (χ4n) is 3.88. The van der Waals surface area contributed by atoms with E-state index in [4.69, 9.17) is 10.5 Å². The number of hydrogen-bond donors (Lipinski definition) is 1. The fourth-order valence-corrected chi connectivity index (χ4v) is 3.88. The number of nitrogens with zero attached hydrogens (tertiary/aromatic N) is 1. The van der Waals surface area contributed by atoms with E-state index in [2.05, 4.69) is 24.3 Å². The van der Waals surface area contributed by atoms with E-state index in [9.17, 15) is 9.59 Å². The Kier molecular flexibility index (Phi) is 6.12. The van der Waals surface area contributed by atoms with E-state index in [-0.39, 0.29) is 0 Å². The van der Waals surface area contributed by atoms with E-state index in [1.807, 2.05) is 6.07 Å². The van der Waals surface area contributed by atoms with Crippen LogP contribution in [0.3, 0.4) is 0 Å². The van der Waals surface area contributed by atoms with Gasteiger partial charge in [-0.1, -0.05) is 30.3 Å². The van der Waals surface area contributed by atoms with E-state index < -0.39 is 12.0 Å². The lowest BCUT2D eigenvalue weighted by atomic mass is 9.78. The SMILES string of the molecule is COC(=O)c1ccc(N(CC2CCC(c3ccccc3)CC2)C(N)=O)cc1. The number of ether oxygens (including phenoxy) is 1. The number of carbonyl (C=O) groups is 2. The van der Waals surface area contributed by atoms with Gasteiger partial charge in [-0.25, -0.2) is 9.59 Å². The van der Waals surface area contributed by atoms with Crippen LogP contribution in [0.2, 0.25) is 0 Å². The van der Waals surface area contributed by atoms with Crippen molar-refractivity contribution in [2.45, 2.75) is 31.6 Å². The predicted octanol–water partition coefficient (Wildman–Crippen LogP) is 4.33. The van der Waals surface area contributed by atoms with Gasteiger partial charge in [0.05, 0.1) is 12.7 Å². The van der Waals surface area contributed by atoms with Gasteiger partial charge in [-0.05, 0) is 67.3 Å². The third-order valence-corrected chi connectivity index (χ3v) is 5.42. The van der Waals surface area contributed by atoms with Crippen LogP contribution in [0.15, 0.2) is 54.6 Å². The number of primary amides is 1. The summed E-state index contributed by atoms with van der Waals surface area (Å²) in [4.78, 5) is 25.2. The van der Waals surface area contributed by atoms with Crippen LogP contribution in [0.1, 0.15) is 47.5 Å². The van der Waals surface area contributed by atoms with E-state index in [1.165, 1.54) is 12.7 Å². The first kappa shape index (κ1) is 19.0. The quantitative estimate of drug-likeness (QED) is 0.801. The van der Waals surface area contributed by atoms with E-state index in [0.717, 1.165) is 25.7 Å². The lowest BCUT2D eigenvalue weighted by Crippen LogP contribution is -2.40. The highest BCUT2D eigenvalue weighted by Crippen LogP contribution is 2.36. The molecule has 0 bridgehead atoms. The normalized spacial score (nSPS) is 19.3. The summed E-state index contributed by atoms with van der Waals surface area (Å²) in [5.41, 5.74) is 8.19. The second-order valence-electron chi connectivity index (χ2n) is 7.12. The number of amides is 2. The largest absolute Gasteiger partial charge is 0.465 e. The van der Waals surface area contributed by atoms with Crippen LogP contribution in [-0.4, -0.2) is 25.7 Å². The molecule has 1 aliphatic carbocycles. The lowest BCUT2D eigenvalue weighted by Gasteiger charge is -2.32. The number of esters is 1. The Bertz CT molecular complexity index is 766. The van der Waals surface area contributed by atoms with Crippen LogP contribution < -0.4 is 10.6 Å². The molecule has 2 aromatic rings. The average Bonchev–Trinajstić information content (AvgIpc) is 2.72. The van der Waals surface area contributed by atoms with Gasteiger partial charge in [0, 0.05) is 12.2 Å². The van der Waals surface area contributed by atoms with E-state index in [1.54, 1.807) is 29.2 Å². The monoisotopic (exact) mass is 366 g/mol. The van der Waals surface area contributed by atoms with Gasteiger partial charge < -0.3 is 10.5 Å². The molecule has 0 atom stereocenters. The molecule has 27 heavy (non-hydrogen) atoms. The van der Waals surface area contributed by atoms with Crippen molar-refractivity contribution in [1.82, 2.24) is 0 Å². The van der Waals surface area contributed by atoms with Crippen LogP contribution >= 0.6 is 0 Å². The number of anilines is 1. The molecular weight excluding hydrogens is 340 g/mol. The standard InChI is InChI=1S/C22H26N2O3/c1-27-21(25)19-11-13-20(14-12-19)24(22(23)26)15-16-7-9-18(10-8-16)17-5-3-2-4-6-17/h2-6,11-14,16,18H,7-10,15H2,1H3,(H2,23,26). The molecule has 0 aromatic heterocycles. The lowest BCUT2D eigenvalue weighted by molar-refractivity contribution is 0.0600. The first-order valence-electron chi connectivity index (χ1n) is 9.38. The minimum absolute atomic E-state index is 0.397. The number of methoxy groups -OCH3 is 1. The molecule has 0 radical (unpaired) electrons. The second-order valence-corrected chi connectivity index (χ2v) is 7.12. The molecular formula is C22H26N2O3. The number of rotatable bonds is 5. The van der Waals surface area contributed by atoms with Crippen LogP contribution in [0.5, 0.6) is 0 Å². The Hall–Kier alpha value is -2.82. The van der Waals surface area contributed by atoms with Gasteiger partial charge in [-0.3, -0.25) is 4.90 Å². The summed E-state index contributed by atoms with van der Waals surface area (Å²) in [5, 5.41) is 0. The Labute approximate surface area is 160 Å².